The molecule has 0 radical (unpaired) electrons. The van der Waals surface area contributed by atoms with Gasteiger partial charge in [0.25, 0.3) is 0 Å². The van der Waals surface area contributed by atoms with Crippen molar-refractivity contribution < 1.29 is 4.74 Å². The van der Waals surface area contributed by atoms with Crippen molar-refractivity contribution >= 4 is 22.1 Å². The van der Waals surface area contributed by atoms with Crippen LogP contribution in [0.15, 0.2) is 48.9 Å². The second-order valence-corrected chi connectivity index (χ2v) is 4.68. The SMILES string of the molecule is COc1cc(CNc2ccc(N)c3ccncc23)ccn1. The molecule has 0 aliphatic rings. The molecule has 0 bridgehead atoms. The molecule has 0 amide bonds. The van der Waals surface area contributed by atoms with Gasteiger partial charge in [0.05, 0.1) is 7.11 Å². The number of nitrogens with one attached hydrogen (secondary N) is 1. The van der Waals surface area contributed by atoms with Gasteiger partial charge in [0.15, 0.2) is 0 Å². The fourth-order valence-corrected chi connectivity index (χ4v) is 2.24. The minimum Gasteiger partial charge on any atom is -0.481 e. The molecule has 3 aromatic rings. The van der Waals surface area contributed by atoms with E-state index in [0.717, 1.165) is 27.7 Å². The summed E-state index contributed by atoms with van der Waals surface area (Å²) in [4.78, 5) is 8.27. The van der Waals surface area contributed by atoms with E-state index in [1.165, 1.54) is 0 Å². The Bertz CT molecular complexity index is 773. The van der Waals surface area contributed by atoms with Gasteiger partial charge in [0.2, 0.25) is 5.88 Å². The lowest BCUT2D eigenvalue weighted by Gasteiger charge is -2.11. The molecular weight excluding hydrogens is 264 g/mol. The van der Waals surface area contributed by atoms with E-state index in [9.17, 15) is 0 Å². The van der Waals surface area contributed by atoms with Crippen LogP contribution in [0.25, 0.3) is 10.8 Å². The van der Waals surface area contributed by atoms with Crippen molar-refractivity contribution in [2.24, 2.45) is 0 Å². The van der Waals surface area contributed by atoms with Crippen LogP contribution in [0, 0.1) is 0 Å². The standard InChI is InChI=1S/C16H16N4O/c1-21-16-8-11(4-7-19-16)9-20-15-3-2-14(17)12-5-6-18-10-13(12)15/h2-8,10,20H,9,17H2,1H3. The van der Waals surface area contributed by atoms with E-state index < -0.39 is 0 Å². The van der Waals surface area contributed by atoms with Crippen LogP contribution in [0.2, 0.25) is 0 Å². The maximum Gasteiger partial charge on any atom is 0.213 e. The maximum atomic E-state index is 5.99. The highest BCUT2D eigenvalue weighted by molar-refractivity contribution is 6.00. The first-order valence-electron chi connectivity index (χ1n) is 6.63. The lowest BCUT2D eigenvalue weighted by atomic mass is 10.1. The number of hydrogen-bond donors (Lipinski definition) is 2. The van der Waals surface area contributed by atoms with Crippen molar-refractivity contribution in [3.05, 3.63) is 54.5 Å². The summed E-state index contributed by atoms with van der Waals surface area (Å²) in [6.07, 6.45) is 5.30. The fourth-order valence-electron chi connectivity index (χ4n) is 2.24. The monoisotopic (exact) mass is 280 g/mol. The molecule has 2 heterocycles. The number of hydrogen-bond acceptors (Lipinski definition) is 5. The Hall–Kier alpha value is -2.82. The van der Waals surface area contributed by atoms with Crippen LogP contribution >= 0.6 is 0 Å². The minimum absolute atomic E-state index is 0.609. The first kappa shape index (κ1) is 13.2. The molecule has 2 aromatic heterocycles. The van der Waals surface area contributed by atoms with Crippen LogP contribution in [0.4, 0.5) is 11.4 Å². The van der Waals surface area contributed by atoms with E-state index in [1.54, 1.807) is 19.5 Å². The van der Waals surface area contributed by atoms with Crippen molar-refractivity contribution in [3.8, 4) is 5.88 Å². The number of fused-ring (bicyclic) bond motifs is 1. The molecule has 106 valence electrons. The first-order valence-corrected chi connectivity index (χ1v) is 6.63. The molecule has 5 nitrogen and oxygen atoms in total. The van der Waals surface area contributed by atoms with Crippen molar-refractivity contribution in [1.29, 1.82) is 0 Å². The molecule has 0 spiro atoms. The Morgan fingerprint density at radius 3 is 2.90 bits per heavy atom. The second-order valence-electron chi connectivity index (χ2n) is 4.68. The molecule has 5 heteroatoms. The predicted molar refractivity (Wildman–Crippen MR) is 84.3 cm³/mol. The number of nitrogens with zero attached hydrogens (tertiary/aromatic N) is 2. The van der Waals surface area contributed by atoms with Gasteiger partial charge in [-0.1, -0.05) is 0 Å². The molecule has 0 fully saturated rings. The molecule has 0 aliphatic heterocycles. The minimum atomic E-state index is 0.609. The predicted octanol–water partition coefficient (Wildman–Crippen LogP) is 2.83. The Morgan fingerprint density at radius 2 is 2.05 bits per heavy atom. The highest BCUT2D eigenvalue weighted by Crippen LogP contribution is 2.27. The van der Waals surface area contributed by atoms with Gasteiger partial charge in [-0.15, -0.1) is 0 Å². The van der Waals surface area contributed by atoms with Gasteiger partial charge in [-0.05, 0) is 29.8 Å². The van der Waals surface area contributed by atoms with Gasteiger partial charge in [0, 0.05) is 53.3 Å². The van der Waals surface area contributed by atoms with Gasteiger partial charge in [-0.3, -0.25) is 4.98 Å². The zero-order valence-corrected chi connectivity index (χ0v) is 11.7. The van der Waals surface area contributed by atoms with E-state index in [4.69, 9.17) is 10.5 Å². The normalized spacial score (nSPS) is 10.5. The summed E-state index contributed by atoms with van der Waals surface area (Å²) in [5.74, 6) is 0.609. The molecule has 3 rings (SSSR count). The third-order valence-electron chi connectivity index (χ3n) is 3.34. The number of nitrogen functional groups attached to an aromatic ring is 1. The van der Waals surface area contributed by atoms with Crippen LogP contribution in [-0.2, 0) is 6.54 Å². The number of aromatic nitrogens is 2. The molecule has 3 N–H and O–H groups in total. The van der Waals surface area contributed by atoms with Gasteiger partial charge in [0.1, 0.15) is 0 Å². The Morgan fingerprint density at radius 1 is 1.14 bits per heavy atom. The summed E-state index contributed by atoms with van der Waals surface area (Å²) in [6.45, 7) is 0.673. The third kappa shape index (κ3) is 2.72. The van der Waals surface area contributed by atoms with Gasteiger partial charge in [-0.2, -0.15) is 0 Å². The molecule has 21 heavy (non-hydrogen) atoms. The first-order chi connectivity index (χ1) is 10.3. The van der Waals surface area contributed by atoms with Crippen LogP contribution in [-0.4, -0.2) is 17.1 Å². The van der Waals surface area contributed by atoms with E-state index in [1.807, 2.05) is 36.5 Å². The highest BCUT2D eigenvalue weighted by atomic mass is 16.5. The summed E-state index contributed by atoms with van der Waals surface area (Å²) in [7, 11) is 1.61. The van der Waals surface area contributed by atoms with Crippen LogP contribution in [0.5, 0.6) is 5.88 Å². The molecule has 0 atom stereocenters. The van der Waals surface area contributed by atoms with Crippen LogP contribution < -0.4 is 15.8 Å². The molecule has 0 unspecified atom stereocenters. The Balaban J connectivity index is 1.87. The lowest BCUT2D eigenvalue weighted by molar-refractivity contribution is 0.397. The topological polar surface area (TPSA) is 73.1 Å². The van der Waals surface area contributed by atoms with Gasteiger partial charge >= 0.3 is 0 Å². The number of pyridine rings is 2. The summed E-state index contributed by atoms with van der Waals surface area (Å²) >= 11 is 0. The van der Waals surface area contributed by atoms with E-state index in [0.29, 0.717) is 12.4 Å². The van der Waals surface area contributed by atoms with E-state index in [2.05, 4.69) is 15.3 Å². The van der Waals surface area contributed by atoms with Crippen LogP contribution in [0.1, 0.15) is 5.56 Å². The summed E-state index contributed by atoms with van der Waals surface area (Å²) in [5.41, 5.74) is 8.84. The molecule has 1 aromatic carbocycles. The molecule has 0 saturated heterocycles. The largest absolute Gasteiger partial charge is 0.481 e. The van der Waals surface area contributed by atoms with Crippen molar-refractivity contribution in [2.75, 3.05) is 18.2 Å². The summed E-state index contributed by atoms with van der Waals surface area (Å²) in [5, 5.41) is 5.42. The number of anilines is 2. The average Bonchev–Trinajstić information content (AvgIpc) is 2.55. The average molecular weight is 280 g/mol. The van der Waals surface area contributed by atoms with Gasteiger partial charge < -0.3 is 15.8 Å². The van der Waals surface area contributed by atoms with Gasteiger partial charge in [-0.25, -0.2) is 4.98 Å². The highest BCUT2D eigenvalue weighted by Gasteiger charge is 2.04. The number of methoxy groups -OCH3 is 1. The summed E-state index contributed by atoms with van der Waals surface area (Å²) in [6, 6.07) is 9.65. The third-order valence-corrected chi connectivity index (χ3v) is 3.34. The molecule has 0 saturated carbocycles. The van der Waals surface area contributed by atoms with E-state index >= 15 is 0 Å². The zero-order chi connectivity index (χ0) is 14.7. The van der Waals surface area contributed by atoms with E-state index in [-0.39, 0.29) is 0 Å². The number of nitrogens with two attached hydrogens (primary N) is 1. The smallest absolute Gasteiger partial charge is 0.213 e. The van der Waals surface area contributed by atoms with Crippen molar-refractivity contribution in [2.45, 2.75) is 6.54 Å². The number of rotatable bonds is 4. The fraction of sp³-hybridized carbons (Fsp3) is 0.125. The van der Waals surface area contributed by atoms with Crippen molar-refractivity contribution in [3.63, 3.8) is 0 Å². The Labute approximate surface area is 122 Å². The maximum absolute atomic E-state index is 5.99. The second kappa shape index (κ2) is 5.66. The summed E-state index contributed by atoms with van der Waals surface area (Å²) < 4.78 is 5.13. The zero-order valence-electron chi connectivity index (χ0n) is 11.7. The lowest BCUT2D eigenvalue weighted by Crippen LogP contribution is -2.01. The van der Waals surface area contributed by atoms with Crippen LogP contribution in [0.3, 0.4) is 0 Å². The Kier molecular flexibility index (Phi) is 3.55. The number of benzene rings is 1. The molecule has 0 aliphatic carbocycles. The number of ether oxygens (including phenoxy) is 1. The quantitative estimate of drug-likeness (QED) is 0.719. The van der Waals surface area contributed by atoms with Crippen molar-refractivity contribution in [1.82, 2.24) is 9.97 Å². The molecular formula is C16H16N4O.